The third kappa shape index (κ3) is 3.51. The number of ether oxygens (including phenoxy) is 1. The van der Waals surface area contributed by atoms with Gasteiger partial charge in [0.15, 0.2) is 5.65 Å². The Morgan fingerprint density at radius 2 is 2.12 bits per heavy atom. The first-order valence-corrected chi connectivity index (χ1v) is 8.99. The molecule has 0 aliphatic rings. The zero-order chi connectivity index (χ0) is 18.0. The number of hydrogen-bond acceptors (Lipinski definition) is 6. The molecule has 0 bridgehead atoms. The van der Waals surface area contributed by atoms with Gasteiger partial charge in [0.25, 0.3) is 0 Å². The van der Waals surface area contributed by atoms with E-state index in [1.54, 1.807) is 13.1 Å². The molecule has 3 aromatic rings. The van der Waals surface area contributed by atoms with Crippen LogP contribution < -0.4 is 0 Å². The minimum Gasteiger partial charge on any atom is -0.465 e. The monoisotopic (exact) mass is 356 g/mol. The number of esters is 1. The van der Waals surface area contributed by atoms with Crippen LogP contribution >= 0.6 is 11.8 Å². The van der Waals surface area contributed by atoms with Crippen LogP contribution in [0.5, 0.6) is 0 Å². The Kier molecular flexibility index (Phi) is 5.03. The third-order valence-corrected chi connectivity index (χ3v) is 4.91. The average Bonchev–Trinajstić information content (AvgIpc) is 3.00. The summed E-state index contributed by atoms with van der Waals surface area (Å²) >= 11 is 1.36. The molecule has 0 radical (unpaired) electrons. The molecular formula is C18H20N4O2S. The van der Waals surface area contributed by atoms with E-state index in [-0.39, 0.29) is 11.2 Å². The van der Waals surface area contributed by atoms with E-state index in [1.165, 1.54) is 23.7 Å². The zero-order valence-electron chi connectivity index (χ0n) is 14.7. The van der Waals surface area contributed by atoms with Crippen molar-refractivity contribution >= 4 is 28.8 Å². The van der Waals surface area contributed by atoms with E-state index in [0.29, 0.717) is 6.61 Å². The van der Waals surface area contributed by atoms with Gasteiger partial charge in [0.2, 0.25) is 0 Å². The Balaban J connectivity index is 1.99. The predicted molar refractivity (Wildman–Crippen MR) is 98.1 cm³/mol. The molecule has 0 aliphatic heterocycles. The number of fused-ring (bicyclic) bond motifs is 1. The van der Waals surface area contributed by atoms with Gasteiger partial charge in [-0.05, 0) is 39.3 Å². The van der Waals surface area contributed by atoms with Crippen LogP contribution in [0, 0.1) is 13.8 Å². The standard InChI is InChI=1S/C18H20N4O2S/c1-5-24-18(23)13(4)25-17-14-9-21-22(16(14)19-10-20-17)15-7-6-11(2)8-12(15)3/h6-10,13H,5H2,1-4H3/t13-/m1/s1. The summed E-state index contributed by atoms with van der Waals surface area (Å²) in [5.41, 5.74) is 4.03. The van der Waals surface area contributed by atoms with Crippen LogP contribution in [0.2, 0.25) is 0 Å². The second-order valence-electron chi connectivity index (χ2n) is 5.77. The highest BCUT2D eigenvalue weighted by atomic mass is 32.2. The van der Waals surface area contributed by atoms with Crippen molar-refractivity contribution in [2.75, 3.05) is 6.61 Å². The second kappa shape index (κ2) is 7.23. The van der Waals surface area contributed by atoms with Crippen LogP contribution in [0.4, 0.5) is 0 Å². The Hall–Kier alpha value is -2.41. The minimum absolute atomic E-state index is 0.249. The number of rotatable bonds is 5. The summed E-state index contributed by atoms with van der Waals surface area (Å²) in [5, 5.41) is 5.69. The molecule has 0 fully saturated rings. The molecule has 7 heteroatoms. The number of carbonyl (C=O) groups excluding carboxylic acids is 1. The number of thioether (sulfide) groups is 1. The molecule has 0 aliphatic carbocycles. The molecule has 130 valence electrons. The molecule has 0 amide bonds. The van der Waals surface area contributed by atoms with Gasteiger partial charge in [0.05, 0.1) is 23.9 Å². The van der Waals surface area contributed by atoms with Crippen LogP contribution in [-0.2, 0) is 9.53 Å². The Bertz CT molecular complexity index is 923. The fraction of sp³-hybridized carbons (Fsp3) is 0.333. The summed E-state index contributed by atoms with van der Waals surface area (Å²) in [6.07, 6.45) is 3.25. The smallest absolute Gasteiger partial charge is 0.319 e. The van der Waals surface area contributed by atoms with E-state index < -0.39 is 0 Å². The Labute approximate surface area is 150 Å². The lowest BCUT2D eigenvalue weighted by molar-refractivity contribution is -0.142. The van der Waals surface area contributed by atoms with Crippen molar-refractivity contribution in [3.63, 3.8) is 0 Å². The number of hydrogen-bond donors (Lipinski definition) is 0. The number of nitrogens with zero attached hydrogens (tertiary/aromatic N) is 4. The molecule has 1 atom stereocenters. The first kappa shape index (κ1) is 17.4. The number of benzene rings is 1. The molecule has 0 N–H and O–H groups in total. The third-order valence-electron chi connectivity index (χ3n) is 3.82. The Morgan fingerprint density at radius 1 is 1.32 bits per heavy atom. The molecule has 0 saturated carbocycles. The summed E-state index contributed by atoms with van der Waals surface area (Å²) in [6, 6.07) is 6.20. The summed E-state index contributed by atoms with van der Waals surface area (Å²) < 4.78 is 6.88. The molecule has 0 unspecified atom stereocenters. The number of carbonyl (C=O) groups is 1. The van der Waals surface area contributed by atoms with Gasteiger partial charge in [-0.15, -0.1) is 0 Å². The first-order chi connectivity index (χ1) is 12.0. The van der Waals surface area contributed by atoms with Crippen LogP contribution in [0.25, 0.3) is 16.7 Å². The van der Waals surface area contributed by atoms with Crippen molar-refractivity contribution in [3.05, 3.63) is 41.9 Å². The van der Waals surface area contributed by atoms with Gasteiger partial charge < -0.3 is 4.74 Å². The summed E-state index contributed by atoms with van der Waals surface area (Å²) in [6.45, 7) is 8.09. The van der Waals surface area contributed by atoms with E-state index in [1.807, 2.05) is 17.7 Å². The lowest BCUT2D eigenvalue weighted by Gasteiger charge is -2.10. The van der Waals surface area contributed by atoms with Crippen LogP contribution in [0.15, 0.2) is 35.7 Å². The highest BCUT2D eigenvalue weighted by Gasteiger charge is 2.19. The molecule has 2 heterocycles. The lowest BCUT2D eigenvalue weighted by atomic mass is 10.1. The molecule has 2 aromatic heterocycles. The molecule has 1 aromatic carbocycles. The quantitative estimate of drug-likeness (QED) is 0.396. The van der Waals surface area contributed by atoms with Crippen LogP contribution in [0.1, 0.15) is 25.0 Å². The van der Waals surface area contributed by atoms with Crippen molar-refractivity contribution in [2.45, 2.75) is 38.0 Å². The highest BCUT2D eigenvalue weighted by Crippen LogP contribution is 2.29. The maximum atomic E-state index is 11.9. The molecular weight excluding hydrogens is 336 g/mol. The SMILES string of the molecule is CCOC(=O)[C@@H](C)Sc1ncnc2c1cnn2-c1ccc(C)cc1C. The van der Waals surface area contributed by atoms with Gasteiger partial charge >= 0.3 is 5.97 Å². The van der Waals surface area contributed by atoms with Crippen molar-refractivity contribution in [1.82, 2.24) is 19.7 Å². The first-order valence-electron chi connectivity index (χ1n) is 8.11. The van der Waals surface area contributed by atoms with Gasteiger partial charge in [-0.3, -0.25) is 4.79 Å². The zero-order valence-corrected chi connectivity index (χ0v) is 15.5. The molecule has 3 rings (SSSR count). The molecule has 25 heavy (non-hydrogen) atoms. The lowest BCUT2D eigenvalue weighted by Crippen LogP contribution is -2.16. The predicted octanol–water partition coefficient (Wildman–Crippen LogP) is 3.48. The van der Waals surface area contributed by atoms with Gasteiger partial charge in [-0.25, -0.2) is 14.6 Å². The van der Waals surface area contributed by atoms with Crippen molar-refractivity contribution in [3.8, 4) is 5.69 Å². The summed E-state index contributed by atoms with van der Waals surface area (Å²) in [7, 11) is 0. The maximum absolute atomic E-state index is 11.9. The number of aryl methyl sites for hydroxylation is 2. The van der Waals surface area contributed by atoms with E-state index in [4.69, 9.17) is 4.74 Å². The van der Waals surface area contributed by atoms with Crippen molar-refractivity contribution in [2.24, 2.45) is 0 Å². The number of aromatic nitrogens is 4. The molecule has 6 nitrogen and oxygen atoms in total. The van der Waals surface area contributed by atoms with Crippen molar-refractivity contribution < 1.29 is 9.53 Å². The van der Waals surface area contributed by atoms with Crippen LogP contribution in [-0.4, -0.2) is 37.6 Å². The van der Waals surface area contributed by atoms with E-state index in [9.17, 15) is 4.79 Å². The van der Waals surface area contributed by atoms with Crippen molar-refractivity contribution in [1.29, 1.82) is 0 Å². The van der Waals surface area contributed by atoms with Crippen LogP contribution in [0.3, 0.4) is 0 Å². The van der Waals surface area contributed by atoms with Gasteiger partial charge in [0.1, 0.15) is 16.6 Å². The topological polar surface area (TPSA) is 69.9 Å². The normalized spacial score (nSPS) is 12.3. The fourth-order valence-electron chi connectivity index (χ4n) is 2.61. The minimum atomic E-state index is -0.345. The largest absolute Gasteiger partial charge is 0.465 e. The summed E-state index contributed by atoms with van der Waals surface area (Å²) in [5.74, 6) is -0.249. The average molecular weight is 356 g/mol. The molecule has 0 spiro atoms. The van der Waals surface area contributed by atoms with Gasteiger partial charge in [-0.2, -0.15) is 5.10 Å². The Morgan fingerprint density at radius 3 is 2.84 bits per heavy atom. The fourth-order valence-corrected chi connectivity index (χ4v) is 3.49. The van der Waals surface area contributed by atoms with E-state index in [2.05, 4.69) is 41.0 Å². The molecule has 0 saturated heterocycles. The maximum Gasteiger partial charge on any atom is 0.319 e. The highest BCUT2D eigenvalue weighted by molar-refractivity contribution is 8.00. The van der Waals surface area contributed by atoms with Gasteiger partial charge in [0, 0.05) is 0 Å². The second-order valence-corrected chi connectivity index (χ2v) is 7.10. The van der Waals surface area contributed by atoms with E-state index >= 15 is 0 Å². The van der Waals surface area contributed by atoms with E-state index in [0.717, 1.165) is 27.3 Å². The summed E-state index contributed by atoms with van der Waals surface area (Å²) in [4.78, 5) is 20.6. The van der Waals surface area contributed by atoms with Gasteiger partial charge in [-0.1, -0.05) is 29.5 Å².